The molecule has 2 amide bonds. The molecule has 3 aromatic rings. The highest BCUT2D eigenvalue weighted by molar-refractivity contribution is 7.10. The number of carbonyl (C=O) groups is 2. The van der Waals surface area contributed by atoms with Crippen molar-refractivity contribution < 1.29 is 23.8 Å². The minimum absolute atomic E-state index is 0.00454. The van der Waals surface area contributed by atoms with Crippen LogP contribution in [-0.2, 0) is 17.8 Å². The van der Waals surface area contributed by atoms with Crippen LogP contribution in [0.5, 0.6) is 17.2 Å². The maximum absolute atomic E-state index is 13.7. The average molecular weight is 539 g/mol. The first kappa shape index (κ1) is 29.0. The predicted molar refractivity (Wildman–Crippen MR) is 151 cm³/mol. The number of rotatable bonds is 13. The highest BCUT2D eigenvalue weighted by atomic mass is 32.1. The summed E-state index contributed by atoms with van der Waals surface area (Å²) in [6.07, 6.45) is 0.643. The Hall–Kier alpha value is -3.52. The molecular weight excluding hydrogens is 500 g/mol. The second kappa shape index (κ2) is 13.9. The van der Waals surface area contributed by atoms with Gasteiger partial charge in [0.15, 0.2) is 11.5 Å². The lowest BCUT2D eigenvalue weighted by molar-refractivity contribution is -0.132. The summed E-state index contributed by atoms with van der Waals surface area (Å²) in [6, 6.07) is 14.9. The van der Waals surface area contributed by atoms with Gasteiger partial charge in [0, 0.05) is 23.5 Å². The van der Waals surface area contributed by atoms with Crippen molar-refractivity contribution in [3.8, 4) is 17.2 Å². The second-order valence-electron chi connectivity index (χ2n) is 9.59. The first-order valence-corrected chi connectivity index (χ1v) is 13.6. The van der Waals surface area contributed by atoms with Crippen LogP contribution in [0, 0.1) is 12.8 Å². The van der Waals surface area contributed by atoms with Crippen LogP contribution < -0.4 is 14.2 Å². The average Bonchev–Trinajstić information content (AvgIpc) is 3.33. The van der Waals surface area contributed by atoms with Crippen molar-refractivity contribution in [2.45, 2.75) is 33.7 Å². The summed E-state index contributed by atoms with van der Waals surface area (Å²) < 4.78 is 16.1. The Balaban J connectivity index is 1.82. The van der Waals surface area contributed by atoms with Crippen molar-refractivity contribution >= 4 is 23.2 Å². The number of amides is 2. The first-order chi connectivity index (χ1) is 18.2. The number of methoxy groups -OCH3 is 3. The minimum atomic E-state index is -0.182. The fourth-order valence-electron chi connectivity index (χ4n) is 4.19. The number of ether oxygens (including phenoxy) is 3. The Morgan fingerprint density at radius 2 is 1.68 bits per heavy atom. The number of carbonyl (C=O) groups excluding carboxylic acids is 2. The lowest BCUT2D eigenvalue weighted by atomic mass is 10.1. The number of aryl methyl sites for hydroxylation is 1. The van der Waals surface area contributed by atoms with Crippen LogP contribution >= 0.6 is 11.3 Å². The Labute approximate surface area is 229 Å². The van der Waals surface area contributed by atoms with Gasteiger partial charge in [-0.1, -0.05) is 26.0 Å². The maximum atomic E-state index is 13.7. The van der Waals surface area contributed by atoms with E-state index in [1.54, 1.807) is 61.8 Å². The van der Waals surface area contributed by atoms with Crippen molar-refractivity contribution in [2.75, 3.05) is 41.0 Å². The summed E-state index contributed by atoms with van der Waals surface area (Å²) in [4.78, 5) is 31.8. The molecule has 2 aromatic carbocycles. The van der Waals surface area contributed by atoms with Gasteiger partial charge in [-0.05, 0) is 72.2 Å². The van der Waals surface area contributed by atoms with Crippen LogP contribution in [0.25, 0.3) is 0 Å². The van der Waals surface area contributed by atoms with Crippen LogP contribution in [0.2, 0.25) is 0 Å². The third-order valence-electron chi connectivity index (χ3n) is 6.29. The molecule has 3 rings (SSSR count). The summed E-state index contributed by atoms with van der Waals surface area (Å²) in [7, 11) is 4.79. The van der Waals surface area contributed by atoms with E-state index >= 15 is 0 Å². The van der Waals surface area contributed by atoms with Crippen LogP contribution in [0.15, 0.2) is 53.9 Å². The van der Waals surface area contributed by atoms with Crippen LogP contribution in [0.4, 0.5) is 0 Å². The molecule has 0 aliphatic carbocycles. The molecule has 0 saturated carbocycles. The van der Waals surface area contributed by atoms with Crippen molar-refractivity contribution in [3.05, 3.63) is 75.5 Å². The maximum Gasteiger partial charge on any atom is 0.254 e. The van der Waals surface area contributed by atoms with E-state index in [0.717, 1.165) is 16.0 Å². The second-order valence-corrected chi connectivity index (χ2v) is 10.6. The highest BCUT2D eigenvalue weighted by Gasteiger charge is 2.24. The molecule has 0 radical (unpaired) electrons. The summed E-state index contributed by atoms with van der Waals surface area (Å²) in [5.41, 5.74) is 2.70. The van der Waals surface area contributed by atoms with E-state index in [1.165, 1.54) is 0 Å². The Bertz CT molecular complexity index is 1220. The Morgan fingerprint density at radius 3 is 2.32 bits per heavy atom. The molecule has 0 bridgehead atoms. The lowest BCUT2D eigenvalue weighted by Crippen LogP contribution is -2.44. The quantitative estimate of drug-likeness (QED) is 0.289. The van der Waals surface area contributed by atoms with Crippen LogP contribution in [0.3, 0.4) is 0 Å². The fourth-order valence-corrected chi connectivity index (χ4v) is 5.11. The van der Waals surface area contributed by atoms with Gasteiger partial charge in [0.2, 0.25) is 5.91 Å². The SMILES string of the molecule is COc1cccc(C(=O)N(CC(=O)N(CCc2ccc(OC)c(OC)c2)Cc2sccc2C)CC(C)C)c1. The van der Waals surface area contributed by atoms with Gasteiger partial charge in [-0.3, -0.25) is 9.59 Å². The normalized spacial score (nSPS) is 10.8. The monoisotopic (exact) mass is 538 g/mol. The van der Waals surface area contributed by atoms with Crippen molar-refractivity contribution in [3.63, 3.8) is 0 Å². The molecule has 0 atom stereocenters. The Morgan fingerprint density at radius 1 is 0.921 bits per heavy atom. The van der Waals surface area contributed by atoms with E-state index in [9.17, 15) is 9.59 Å². The standard InChI is InChI=1S/C30H38N2O5S/c1-21(2)18-32(30(34)24-8-7-9-25(17-24)35-4)20-29(33)31(19-28-22(3)13-15-38-28)14-12-23-10-11-26(36-5)27(16-23)37-6/h7-11,13,15-17,21H,12,14,18-20H2,1-6H3. The zero-order chi connectivity index (χ0) is 27.7. The van der Waals surface area contributed by atoms with Gasteiger partial charge in [-0.15, -0.1) is 11.3 Å². The molecule has 0 aliphatic rings. The zero-order valence-electron chi connectivity index (χ0n) is 23.2. The van der Waals surface area contributed by atoms with Gasteiger partial charge in [0.25, 0.3) is 5.91 Å². The molecule has 1 heterocycles. The molecule has 1 aromatic heterocycles. The smallest absolute Gasteiger partial charge is 0.254 e. The van der Waals surface area contributed by atoms with E-state index in [-0.39, 0.29) is 24.3 Å². The molecular formula is C30H38N2O5S. The summed E-state index contributed by atoms with van der Waals surface area (Å²) in [5, 5.41) is 2.04. The molecule has 0 spiro atoms. The van der Waals surface area contributed by atoms with Crippen molar-refractivity contribution in [2.24, 2.45) is 5.92 Å². The molecule has 0 fully saturated rings. The minimum Gasteiger partial charge on any atom is -0.497 e. The van der Waals surface area contributed by atoms with E-state index < -0.39 is 0 Å². The van der Waals surface area contributed by atoms with Gasteiger partial charge < -0.3 is 24.0 Å². The van der Waals surface area contributed by atoms with Crippen LogP contribution in [-0.4, -0.2) is 62.6 Å². The number of nitrogens with zero attached hydrogens (tertiary/aromatic N) is 2. The molecule has 38 heavy (non-hydrogen) atoms. The molecule has 0 aliphatic heterocycles. The molecule has 0 unspecified atom stereocenters. The number of thiophene rings is 1. The zero-order valence-corrected chi connectivity index (χ0v) is 24.0. The molecule has 0 N–H and O–H groups in total. The third kappa shape index (κ3) is 7.74. The van der Waals surface area contributed by atoms with E-state index in [0.29, 0.717) is 48.9 Å². The third-order valence-corrected chi connectivity index (χ3v) is 7.30. The summed E-state index contributed by atoms with van der Waals surface area (Å²) in [6.45, 7) is 7.63. The number of benzene rings is 2. The Kier molecular flexibility index (Phi) is 10.6. The lowest BCUT2D eigenvalue weighted by Gasteiger charge is -2.29. The summed E-state index contributed by atoms with van der Waals surface area (Å²) in [5.74, 6) is 1.87. The molecule has 0 saturated heterocycles. The van der Waals surface area contributed by atoms with E-state index in [4.69, 9.17) is 14.2 Å². The predicted octanol–water partition coefficient (Wildman–Crippen LogP) is 5.45. The van der Waals surface area contributed by atoms with Gasteiger partial charge in [-0.2, -0.15) is 0 Å². The molecule has 8 heteroatoms. The van der Waals surface area contributed by atoms with Crippen molar-refractivity contribution in [1.29, 1.82) is 0 Å². The molecule has 7 nitrogen and oxygen atoms in total. The van der Waals surface area contributed by atoms with Crippen molar-refractivity contribution in [1.82, 2.24) is 9.80 Å². The number of hydrogen-bond donors (Lipinski definition) is 0. The van der Waals surface area contributed by atoms with Gasteiger partial charge in [0.05, 0.1) is 27.9 Å². The van der Waals surface area contributed by atoms with Gasteiger partial charge >= 0.3 is 0 Å². The number of hydrogen-bond acceptors (Lipinski definition) is 6. The van der Waals surface area contributed by atoms with Gasteiger partial charge in [0.1, 0.15) is 12.3 Å². The fraction of sp³-hybridized carbons (Fsp3) is 0.400. The van der Waals surface area contributed by atoms with E-state index in [1.807, 2.05) is 42.3 Å². The first-order valence-electron chi connectivity index (χ1n) is 12.7. The van der Waals surface area contributed by atoms with Crippen LogP contribution in [0.1, 0.15) is 40.2 Å². The largest absolute Gasteiger partial charge is 0.497 e. The van der Waals surface area contributed by atoms with Gasteiger partial charge in [-0.25, -0.2) is 0 Å². The molecule has 204 valence electrons. The van der Waals surface area contributed by atoms with E-state index in [2.05, 4.69) is 13.0 Å². The topological polar surface area (TPSA) is 68.3 Å². The summed E-state index contributed by atoms with van der Waals surface area (Å²) >= 11 is 1.64. The highest BCUT2D eigenvalue weighted by Crippen LogP contribution is 2.28.